The van der Waals surface area contributed by atoms with Gasteiger partial charge in [-0.1, -0.05) is 26.8 Å². The van der Waals surface area contributed by atoms with Crippen molar-refractivity contribution >= 4 is 11.0 Å². The Balaban J connectivity index is 2.66. The lowest BCUT2D eigenvalue weighted by Crippen LogP contribution is -2.10. The molecule has 0 aliphatic rings. The zero-order valence-corrected chi connectivity index (χ0v) is 11.3. The maximum atomic E-state index is 5.91. The fraction of sp³-hybridized carbons (Fsp3) is 0.467. The van der Waals surface area contributed by atoms with Gasteiger partial charge in [-0.3, -0.25) is 0 Å². The molecular formula is C15H21NO. The monoisotopic (exact) mass is 231 g/mol. The Hall–Kier alpha value is -1.28. The van der Waals surface area contributed by atoms with E-state index in [4.69, 9.17) is 10.2 Å². The molecule has 0 saturated carbocycles. The molecule has 2 aromatic rings. The summed E-state index contributed by atoms with van der Waals surface area (Å²) in [6, 6.07) is 6.35. The van der Waals surface area contributed by atoms with Crippen LogP contribution in [-0.4, -0.2) is 0 Å². The summed E-state index contributed by atoms with van der Waals surface area (Å²) in [5.41, 5.74) is 9.49. The van der Waals surface area contributed by atoms with E-state index in [0.29, 0.717) is 0 Å². The van der Waals surface area contributed by atoms with Crippen LogP contribution >= 0.6 is 0 Å². The molecule has 0 radical (unpaired) electrons. The molecule has 92 valence electrons. The van der Waals surface area contributed by atoms with Crippen molar-refractivity contribution in [1.82, 2.24) is 0 Å². The predicted molar refractivity (Wildman–Crippen MR) is 72.3 cm³/mol. The van der Waals surface area contributed by atoms with E-state index in [-0.39, 0.29) is 11.5 Å². The molecule has 1 aromatic heterocycles. The molecule has 1 atom stereocenters. The molecule has 2 heteroatoms. The van der Waals surface area contributed by atoms with E-state index in [0.717, 1.165) is 11.3 Å². The number of hydrogen-bond donors (Lipinski definition) is 1. The van der Waals surface area contributed by atoms with Crippen molar-refractivity contribution in [2.45, 2.75) is 46.1 Å². The predicted octanol–water partition coefficient (Wildman–Crippen LogP) is 4.06. The van der Waals surface area contributed by atoms with E-state index < -0.39 is 0 Å². The third-order valence-corrected chi connectivity index (χ3v) is 3.25. The van der Waals surface area contributed by atoms with Gasteiger partial charge >= 0.3 is 0 Å². The number of hydrogen-bond acceptors (Lipinski definition) is 2. The molecule has 0 aliphatic heterocycles. The standard InChI is InChI=1S/C15H21NO/c1-9-12-8-11(15(3,4)5)6-7-13(12)17-14(9)10(2)16/h6-8,10H,16H2,1-5H3. The van der Waals surface area contributed by atoms with Crippen molar-refractivity contribution in [3.63, 3.8) is 0 Å². The second kappa shape index (κ2) is 3.88. The van der Waals surface area contributed by atoms with Crippen LogP contribution in [0.25, 0.3) is 11.0 Å². The van der Waals surface area contributed by atoms with Crippen LogP contribution in [0.5, 0.6) is 0 Å². The molecule has 2 nitrogen and oxygen atoms in total. The highest BCUT2D eigenvalue weighted by atomic mass is 16.3. The van der Waals surface area contributed by atoms with E-state index >= 15 is 0 Å². The second-order valence-electron chi connectivity index (χ2n) is 5.84. The number of fused-ring (bicyclic) bond motifs is 1. The minimum atomic E-state index is -0.0551. The first-order chi connectivity index (χ1) is 7.80. The molecule has 2 N–H and O–H groups in total. The van der Waals surface area contributed by atoms with Crippen molar-refractivity contribution in [3.05, 3.63) is 35.1 Å². The molecule has 0 bridgehead atoms. The van der Waals surface area contributed by atoms with Crippen LogP contribution in [-0.2, 0) is 5.41 Å². The summed E-state index contributed by atoms with van der Waals surface area (Å²) in [5, 5.41) is 1.18. The van der Waals surface area contributed by atoms with Crippen molar-refractivity contribution in [2.24, 2.45) is 5.73 Å². The lowest BCUT2D eigenvalue weighted by Gasteiger charge is -2.18. The maximum absolute atomic E-state index is 5.91. The highest BCUT2D eigenvalue weighted by Crippen LogP contribution is 2.32. The van der Waals surface area contributed by atoms with Crippen molar-refractivity contribution in [3.8, 4) is 0 Å². The maximum Gasteiger partial charge on any atom is 0.134 e. The zero-order valence-electron chi connectivity index (χ0n) is 11.3. The van der Waals surface area contributed by atoms with E-state index in [1.807, 2.05) is 6.92 Å². The van der Waals surface area contributed by atoms with E-state index in [1.165, 1.54) is 16.5 Å². The van der Waals surface area contributed by atoms with E-state index in [9.17, 15) is 0 Å². The topological polar surface area (TPSA) is 39.2 Å². The Morgan fingerprint density at radius 3 is 2.41 bits per heavy atom. The highest BCUT2D eigenvalue weighted by Gasteiger charge is 2.18. The van der Waals surface area contributed by atoms with Crippen LogP contribution < -0.4 is 5.73 Å². The molecular weight excluding hydrogens is 210 g/mol. The second-order valence-corrected chi connectivity index (χ2v) is 5.84. The van der Waals surface area contributed by atoms with Crippen molar-refractivity contribution < 1.29 is 4.42 Å². The first-order valence-electron chi connectivity index (χ1n) is 6.10. The van der Waals surface area contributed by atoms with Crippen LogP contribution in [0.2, 0.25) is 0 Å². The summed E-state index contributed by atoms with van der Waals surface area (Å²) < 4.78 is 5.80. The number of benzene rings is 1. The Morgan fingerprint density at radius 2 is 1.88 bits per heavy atom. The van der Waals surface area contributed by atoms with Gasteiger partial charge in [0.25, 0.3) is 0 Å². The lowest BCUT2D eigenvalue weighted by atomic mass is 9.86. The molecule has 0 saturated heterocycles. The van der Waals surface area contributed by atoms with Crippen LogP contribution in [0.1, 0.15) is 50.6 Å². The third kappa shape index (κ3) is 2.09. The van der Waals surface area contributed by atoms with Gasteiger partial charge in [0.2, 0.25) is 0 Å². The van der Waals surface area contributed by atoms with Gasteiger partial charge in [0, 0.05) is 5.39 Å². The average molecular weight is 231 g/mol. The van der Waals surface area contributed by atoms with Gasteiger partial charge in [-0.25, -0.2) is 0 Å². The van der Waals surface area contributed by atoms with Gasteiger partial charge in [-0.2, -0.15) is 0 Å². The molecule has 1 unspecified atom stereocenters. The summed E-state index contributed by atoms with van der Waals surface area (Å²) >= 11 is 0. The lowest BCUT2D eigenvalue weighted by molar-refractivity contribution is 0.509. The minimum Gasteiger partial charge on any atom is -0.459 e. The summed E-state index contributed by atoms with van der Waals surface area (Å²) in [7, 11) is 0. The minimum absolute atomic E-state index is 0.0551. The molecule has 1 heterocycles. The summed E-state index contributed by atoms with van der Waals surface area (Å²) in [6.45, 7) is 10.7. The van der Waals surface area contributed by atoms with Gasteiger partial charge in [0.1, 0.15) is 11.3 Å². The van der Waals surface area contributed by atoms with Crippen molar-refractivity contribution in [2.75, 3.05) is 0 Å². The Morgan fingerprint density at radius 1 is 1.24 bits per heavy atom. The van der Waals surface area contributed by atoms with Gasteiger partial charge in [-0.15, -0.1) is 0 Å². The van der Waals surface area contributed by atoms with Crippen molar-refractivity contribution in [1.29, 1.82) is 0 Å². The Labute approximate surface area is 103 Å². The van der Waals surface area contributed by atoms with Crippen LogP contribution in [0, 0.1) is 6.92 Å². The molecule has 0 amide bonds. The fourth-order valence-corrected chi connectivity index (χ4v) is 2.14. The summed E-state index contributed by atoms with van der Waals surface area (Å²) in [6.07, 6.45) is 0. The number of nitrogens with two attached hydrogens (primary N) is 1. The van der Waals surface area contributed by atoms with Gasteiger partial charge in [0.05, 0.1) is 6.04 Å². The smallest absolute Gasteiger partial charge is 0.134 e. The number of furan rings is 1. The molecule has 2 rings (SSSR count). The largest absolute Gasteiger partial charge is 0.459 e. The Kier molecular flexibility index (Phi) is 2.78. The van der Waals surface area contributed by atoms with E-state index in [1.54, 1.807) is 0 Å². The van der Waals surface area contributed by atoms with Crippen LogP contribution in [0.15, 0.2) is 22.6 Å². The molecule has 0 aliphatic carbocycles. The SMILES string of the molecule is Cc1c(C(C)N)oc2ccc(C(C)(C)C)cc12. The highest BCUT2D eigenvalue weighted by molar-refractivity contribution is 5.83. The number of aryl methyl sites for hydroxylation is 1. The zero-order chi connectivity index (χ0) is 12.8. The first-order valence-corrected chi connectivity index (χ1v) is 6.10. The van der Waals surface area contributed by atoms with Crippen LogP contribution in [0.3, 0.4) is 0 Å². The quantitative estimate of drug-likeness (QED) is 0.804. The van der Waals surface area contributed by atoms with Gasteiger partial charge in [0.15, 0.2) is 0 Å². The average Bonchev–Trinajstić information content (AvgIpc) is 2.54. The number of rotatable bonds is 1. The molecule has 1 aromatic carbocycles. The van der Waals surface area contributed by atoms with E-state index in [2.05, 4.69) is 45.9 Å². The fourth-order valence-electron chi connectivity index (χ4n) is 2.14. The third-order valence-electron chi connectivity index (χ3n) is 3.25. The molecule has 0 fully saturated rings. The summed E-state index contributed by atoms with van der Waals surface area (Å²) in [4.78, 5) is 0. The normalized spacial score (nSPS) is 14.2. The summed E-state index contributed by atoms with van der Waals surface area (Å²) in [5.74, 6) is 0.894. The molecule has 17 heavy (non-hydrogen) atoms. The van der Waals surface area contributed by atoms with Crippen LogP contribution in [0.4, 0.5) is 0 Å². The first kappa shape index (κ1) is 12.2. The Bertz CT molecular complexity index is 544. The van der Waals surface area contributed by atoms with Gasteiger partial charge in [-0.05, 0) is 42.5 Å². The molecule has 0 spiro atoms. The van der Waals surface area contributed by atoms with Gasteiger partial charge < -0.3 is 10.2 Å².